The summed E-state index contributed by atoms with van der Waals surface area (Å²) in [6.07, 6.45) is 7.46. The summed E-state index contributed by atoms with van der Waals surface area (Å²) < 4.78 is 4.64. The van der Waals surface area contributed by atoms with E-state index in [0.717, 1.165) is 30.8 Å². The van der Waals surface area contributed by atoms with Crippen LogP contribution in [0.1, 0.15) is 5.56 Å². The molecule has 0 N–H and O–H groups in total. The normalized spacial score (nSPS) is 11.9. The SMILES string of the molecule is [In]/[CH]=C\C=C/Cc1ccc2c3ccc4cc(-c5ccc(-c6ccccc6)cc5)ccc4c3n(-c3ccccc3)c2c1. The topological polar surface area (TPSA) is 4.93 Å². The van der Waals surface area contributed by atoms with E-state index in [-0.39, 0.29) is 0 Å². The van der Waals surface area contributed by atoms with E-state index in [1.54, 1.807) is 0 Å². The third kappa shape index (κ3) is 4.94. The van der Waals surface area contributed by atoms with Crippen LogP contribution in [0, 0.1) is 0 Å². The van der Waals surface area contributed by atoms with Gasteiger partial charge in [0.05, 0.1) is 0 Å². The quantitative estimate of drug-likeness (QED) is 0.162. The van der Waals surface area contributed by atoms with Crippen LogP contribution in [0.15, 0.2) is 156 Å². The Morgan fingerprint density at radius 3 is 1.93 bits per heavy atom. The molecule has 0 unspecified atom stereocenters. The van der Waals surface area contributed by atoms with Crippen LogP contribution in [0.5, 0.6) is 0 Å². The second kappa shape index (κ2) is 11.3. The zero-order valence-corrected chi connectivity index (χ0v) is 26.0. The predicted molar refractivity (Wildman–Crippen MR) is 177 cm³/mol. The Morgan fingerprint density at radius 1 is 0.537 bits per heavy atom. The molecule has 0 fully saturated rings. The average molecular weight is 625 g/mol. The van der Waals surface area contributed by atoms with Gasteiger partial charge in [-0.25, -0.2) is 0 Å². The van der Waals surface area contributed by atoms with Crippen LogP contribution in [-0.4, -0.2) is 28.9 Å². The first-order valence-electron chi connectivity index (χ1n) is 14.0. The number of hydrogen-bond donors (Lipinski definition) is 0. The van der Waals surface area contributed by atoms with Gasteiger partial charge in [0.15, 0.2) is 0 Å². The molecule has 192 valence electrons. The van der Waals surface area contributed by atoms with Gasteiger partial charge in [-0.1, -0.05) is 66.7 Å². The van der Waals surface area contributed by atoms with Crippen LogP contribution < -0.4 is 0 Å². The number of para-hydroxylation sites is 1. The van der Waals surface area contributed by atoms with E-state index < -0.39 is 0 Å². The molecule has 0 aliphatic heterocycles. The summed E-state index contributed by atoms with van der Waals surface area (Å²) in [4.78, 5) is 0. The molecule has 6 aromatic carbocycles. The number of nitrogens with zero attached hydrogens (tertiary/aromatic N) is 1. The van der Waals surface area contributed by atoms with Crippen LogP contribution in [0.25, 0.3) is 60.5 Å². The predicted octanol–water partition coefficient (Wildman–Crippen LogP) is 10.1. The Kier molecular flexibility index (Phi) is 7.08. The summed E-state index contributed by atoms with van der Waals surface area (Å²) in [7, 11) is 0. The molecule has 0 amide bonds. The van der Waals surface area contributed by atoms with Crippen LogP contribution in [0.2, 0.25) is 0 Å². The molecule has 0 spiro atoms. The van der Waals surface area contributed by atoms with Crippen molar-refractivity contribution in [2.24, 2.45) is 0 Å². The van der Waals surface area contributed by atoms with Crippen molar-refractivity contribution in [1.29, 1.82) is 0 Å². The van der Waals surface area contributed by atoms with Crippen LogP contribution in [0.4, 0.5) is 0 Å². The van der Waals surface area contributed by atoms with Gasteiger partial charge in [-0.15, -0.1) is 0 Å². The summed E-state index contributed by atoms with van der Waals surface area (Å²) in [5, 5.41) is 5.10. The number of allylic oxidation sites excluding steroid dienone is 3. The molecule has 0 bridgehead atoms. The van der Waals surface area contributed by atoms with E-state index in [4.69, 9.17) is 0 Å². The van der Waals surface area contributed by atoms with Gasteiger partial charge in [0.1, 0.15) is 0 Å². The molecule has 1 aromatic heterocycles. The molecular formula is C39H28InN. The summed E-state index contributed by atoms with van der Waals surface area (Å²) in [5.74, 6) is 0. The Labute approximate surface area is 255 Å². The van der Waals surface area contributed by atoms with Crippen molar-refractivity contribution in [1.82, 2.24) is 4.57 Å². The fourth-order valence-electron chi connectivity index (χ4n) is 5.87. The van der Waals surface area contributed by atoms with Crippen molar-refractivity contribution in [3.05, 3.63) is 161 Å². The minimum absolute atomic E-state index is 0.921. The van der Waals surface area contributed by atoms with Gasteiger partial charge in [0.2, 0.25) is 0 Å². The molecule has 0 saturated carbocycles. The van der Waals surface area contributed by atoms with Gasteiger partial charge >= 0.3 is 162 Å². The van der Waals surface area contributed by atoms with Gasteiger partial charge in [0, 0.05) is 0 Å². The van der Waals surface area contributed by atoms with E-state index in [9.17, 15) is 0 Å². The Morgan fingerprint density at radius 2 is 1.17 bits per heavy atom. The van der Waals surface area contributed by atoms with E-state index in [2.05, 4.69) is 160 Å². The third-order valence-corrected chi connectivity index (χ3v) is 8.49. The molecule has 2 radical (unpaired) electrons. The summed E-state index contributed by atoms with van der Waals surface area (Å²) in [6, 6.07) is 48.7. The van der Waals surface area contributed by atoms with Crippen LogP contribution in [0.3, 0.4) is 0 Å². The van der Waals surface area contributed by atoms with E-state index in [1.165, 1.54) is 66.1 Å². The van der Waals surface area contributed by atoms with E-state index in [0.29, 0.717) is 0 Å². The van der Waals surface area contributed by atoms with Crippen LogP contribution in [-0.2, 0) is 6.42 Å². The molecular weight excluding hydrogens is 597 g/mol. The van der Waals surface area contributed by atoms with Crippen molar-refractivity contribution < 1.29 is 0 Å². The maximum absolute atomic E-state index is 2.45. The molecule has 0 aliphatic rings. The summed E-state index contributed by atoms with van der Waals surface area (Å²) in [6.45, 7) is 0. The van der Waals surface area contributed by atoms with Gasteiger partial charge < -0.3 is 0 Å². The number of fused-ring (bicyclic) bond motifs is 5. The van der Waals surface area contributed by atoms with Gasteiger partial charge in [-0.3, -0.25) is 0 Å². The zero-order valence-electron chi connectivity index (χ0n) is 22.7. The second-order valence-electron chi connectivity index (χ2n) is 10.4. The van der Waals surface area contributed by atoms with Crippen molar-refractivity contribution in [3.63, 3.8) is 0 Å². The van der Waals surface area contributed by atoms with Crippen molar-refractivity contribution in [3.8, 4) is 27.9 Å². The maximum atomic E-state index is 2.45. The molecule has 7 rings (SSSR count). The number of aromatic nitrogens is 1. The first kappa shape index (κ1) is 25.7. The number of rotatable bonds is 6. The summed E-state index contributed by atoms with van der Waals surface area (Å²) in [5.41, 5.74) is 9.97. The van der Waals surface area contributed by atoms with Gasteiger partial charge in [-0.2, -0.15) is 0 Å². The van der Waals surface area contributed by atoms with E-state index >= 15 is 0 Å². The van der Waals surface area contributed by atoms with Crippen LogP contribution >= 0.6 is 0 Å². The fourth-order valence-corrected chi connectivity index (χ4v) is 6.23. The second-order valence-corrected chi connectivity index (χ2v) is 11.5. The molecule has 1 nitrogen and oxygen atoms in total. The Balaban J connectivity index is 1.37. The number of hydrogen-bond acceptors (Lipinski definition) is 0. The molecule has 7 aromatic rings. The average Bonchev–Trinajstić information content (AvgIpc) is 3.38. The van der Waals surface area contributed by atoms with Crippen molar-refractivity contribution >= 4 is 57.0 Å². The van der Waals surface area contributed by atoms with E-state index in [1.807, 2.05) is 0 Å². The third-order valence-electron chi connectivity index (χ3n) is 7.86. The van der Waals surface area contributed by atoms with Crippen molar-refractivity contribution in [2.75, 3.05) is 0 Å². The van der Waals surface area contributed by atoms with Crippen molar-refractivity contribution in [2.45, 2.75) is 6.42 Å². The molecule has 0 aliphatic carbocycles. The molecule has 2 heteroatoms. The molecule has 0 atom stereocenters. The monoisotopic (exact) mass is 625 g/mol. The first-order chi connectivity index (χ1) is 20.3. The number of benzene rings is 6. The fraction of sp³-hybridized carbons (Fsp3) is 0.0256. The standard InChI is InChI=1S/C39H28N.In/c1-2-3-6-11-28-16-23-36-37-25-22-33-27-32(31-19-17-30(18-20-31)29-12-7-4-8-13-29)21-24-35(33)39(37)40(38(36)26-28)34-14-9-5-10-15-34;/h1-10,12-27H,11H2;/b2-1?,6-3-;. The molecule has 1 heterocycles. The Bertz CT molecular complexity index is 2050. The Hall–Kier alpha value is -4.27. The van der Waals surface area contributed by atoms with Gasteiger partial charge in [-0.05, 0) is 28.3 Å². The molecule has 41 heavy (non-hydrogen) atoms. The summed E-state index contributed by atoms with van der Waals surface area (Å²) >= 11 is 1.15. The first-order valence-corrected chi connectivity index (χ1v) is 15.9. The minimum atomic E-state index is 0.921. The zero-order chi connectivity index (χ0) is 27.6. The van der Waals surface area contributed by atoms with Gasteiger partial charge in [0.25, 0.3) is 0 Å². The molecule has 0 saturated heterocycles.